The number of carbonyl (C=O) groups is 1. The molecular weight excluding hydrogens is 309 g/mol. The van der Waals surface area contributed by atoms with Gasteiger partial charge in [-0.2, -0.15) is 5.10 Å². The lowest BCUT2D eigenvalue weighted by Gasteiger charge is -2.05. The Labute approximate surface area is 110 Å². The van der Waals surface area contributed by atoms with Crippen molar-refractivity contribution in [1.82, 2.24) is 14.8 Å². The van der Waals surface area contributed by atoms with Crippen LogP contribution in [0.4, 0.5) is 0 Å². The highest BCUT2D eigenvalue weighted by Crippen LogP contribution is 2.23. The SMILES string of the molecule is Cc1c(C(=O)O)cnn1-c1ncc(Br)cc1Cl. The number of nitrogens with zero attached hydrogens (tertiary/aromatic N) is 3. The molecule has 0 amide bonds. The van der Waals surface area contributed by atoms with Crippen molar-refractivity contribution < 1.29 is 9.90 Å². The lowest BCUT2D eigenvalue weighted by atomic mass is 10.3. The highest BCUT2D eigenvalue weighted by atomic mass is 79.9. The summed E-state index contributed by atoms with van der Waals surface area (Å²) in [5, 5.41) is 13.3. The van der Waals surface area contributed by atoms with E-state index in [0.717, 1.165) is 4.47 Å². The van der Waals surface area contributed by atoms with Gasteiger partial charge in [-0.3, -0.25) is 0 Å². The van der Waals surface area contributed by atoms with Gasteiger partial charge in [0.05, 0.1) is 16.9 Å². The number of aromatic carboxylic acids is 1. The highest BCUT2D eigenvalue weighted by Gasteiger charge is 2.16. The van der Waals surface area contributed by atoms with E-state index >= 15 is 0 Å². The Hall–Kier alpha value is -1.40. The number of rotatable bonds is 2. The molecule has 7 heteroatoms. The van der Waals surface area contributed by atoms with Gasteiger partial charge in [0.15, 0.2) is 5.82 Å². The van der Waals surface area contributed by atoms with Crippen molar-refractivity contribution in [2.75, 3.05) is 0 Å². The molecule has 5 nitrogen and oxygen atoms in total. The standard InChI is InChI=1S/C10H7BrClN3O2/c1-5-7(10(16)17)4-14-15(5)9-8(12)2-6(11)3-13-9/h2-4H,1H3,(H,16,17). The van der Waals surface area contributed by atoms with Crippen LogP contribution in [0.2, 0.25) is 5.02 Å². The predicted octanol–water partition coefficient (Wildman–Crippen LogP) is 2.69. The van der Waals surface area contributed by atoms with Crippen molar-refractivity contribution in [3.63, 3.8) is 0 Å². The molecule has 0 aliphatic carbocycles. The van der Waals surface area contributed by atoms with E-state index in [2.05, 4.69) is 26.0 Å². The van der Waals surface area contributed by atoms with Crippen LogP contribution in [0.5, 0.6) is 0 Å². The van der Waals surface area contributed by atoms with Gasteiger partial charge >= 0.3 is 5.97 Å². The molecule has 2 aromatic heterocycles. The van der Waals surface area contributed by atoms with Gasteiger partial charge in [0.25, 0.3) is 0 Å². The van der Waals surface area contributed by atoms with E-state index in [1.54, 1.807) is 19.2 Å². The molecule has 0 spiro atoms. The number of aromatic nitrogens is 3. The number of hydrogen-bond donors (Lipinski definition) is 1. The van der Waals surface area contributed by atoms with Gasteiger partial charge < -0.3 is 5.11 Å². The average molecular weight is 317 g/mol. The molecule has 0 radical (unpaired) electrons. The minimum absolute atomic E-state index is 0.130. The van der Waals surface area contributed by atoms with Gasteiger partial charge in [0.2, 0.25) is 0 Å². The Morgan fingerprint density at radius 2 is 2.24 bits per heavy atom. The van der Waals surface area contributed by atoms with Gasteiger partial charge in [-0.15, -0.1) is 0 Å². The maximum atomic E-state index is 10.9. The Morgan fingerprint density at radius 3 is 2.76 bits per heavy atom. The van der Waals surface area contributed by atoms with Gasteiger partial charge in [0, 0.05) is 10.7 Å². The lowest BCUT2D eigenvalue weighted by molar-refractivity contribution is 0.0696. The summed E-state index contributed by atoms with van der Waals surface area (Å²) in [6.07, 6.45) is 2.85. The molecular formula is C10H7BrClN3O2. The molecule has 0 bridgehead atoms. The Bertz CT molecular complexity index is 597. The molecule has 1 N–H and O–H groups in total. The Kier molecular flexibility index (Phi) is 3.17. The van der Waals surface area contributed by atoms with Crippen molar-refractivity contribution >= 4 is 33.5 Å². The number of halogens is 2. The normalized spacial score (nSPS) is 10.5. The fourth-order valence-electron chi connectivity index (χ4n) is 1.40. The van der Waals surface area contributed by atoms with Gasteiger partial charge in [-0.05, 0) is 28.9 Å². The van der Waals surface area contributed by atoms with Crippen molar-refractivity contribution in [3.05, 3.63) is 39.2 Å². The van der Waals surface area contributed by atoms with Crippen LogP contribution in [0.3, 0.4) is 0 Å². The summed E-state index contributed by atoms with van der Waals surface area (Å²) in [6, 6.07) is 1.67. The zero-order valence-electron chi connectivity index (χ0n) is 8.69. The van der Waals surface area contributed by atoms with E-state index in [9.17, 15) is 4.79 Å². The smallest absolute Gasteiger partial charge is 0.339 e. The summed E-state index contributed by atoms with van der Waals surface area (Å²) in [6.45, 7) is 1.65. The summed E-state index contributed by atoms with van der Waals surface area (Å²) >= 11 is 9.27. The minimum Gasteiger partial charge on any atom is -0.478 e. The molecule has 0 aliphatic rings. The molecule has 2 rings (SSSR count). The second-order valence-electron chi connectivity index (χ2n) is 3.32. The molecule has 0 aromatic carbocycles. The molecule has 0 aliphatic heterocycles. The van der Waals surface area contributed by atoms with Gasteiger partial charge in [-0.25, -0.2) is 14.5 Å². The molecule has 2 aromatic rings. The van der Waals surface area contributed by atoms with Crippen LogP contribution in [0.1, 0.15) is 16.1 Å². The molecule has 0 unspecified atom stereocenters. The van der Waals surface area contributed by atoms with Crippen LogP contribution in [0, 0.1) is 6.92 Å². The van der Waals surface area contributed by atoms with Crippen molar-refractivity contribution in [2.45, 2.75) is 6.92 Å². The molecule has 0 saturated carbocycles. The quantitative estimate of drug-likeness (QED) is 0.925. The number of hydrogen-bond acceptors (Lipinski definition) is 3. The topological polar surface area (TPSA) is 68.0 Å². The summed E-state index contributed by atoms with van der Waals surface area (Å²) in [7, 11) is 0. The van der Waals surface area contributed by atoms with Crippen LogP contribution in [-0.2, 0) is 0 Å². The van der Waals surface area contributed by atoms with Crippen molar-refractivity contribution in [2.24, 2.45) is 0 Å². The molecule has 0 atom stereocenters. The monoisotopic (exact) mass is 315 g/mol. The number of carboxylic acids is 1. The van der Waals surface area contributed by atoms with Gasteiger partial charge in [-0.1, -0.05) is 11.6 Å². The average Bonchev–Trinajstić information content (AvgIpc) is 2.60. The van der Waals surface area contributed by atoms with Crippen molar-refractivity contribution in [1.29, 1.82) is 0 Å². The van der Waals surface area contributed by atoms with Crippen molar-refractivity contribution in [3.8, 4) is 5.82 Å². The van der Waals surface area contributed by atoms with Gasteiger partial charge in [0.1, 0.15) is 5.56 Å². The Morgan fingerprint density at radius 1 is 1.53 bits per heavy atom. The maximum Gasteiger partial charge on any atom is 0.339 e. The first-order valence-corrected chi connectivity index (χ1v) is 5.77. The first-order chi connectivity index (χ1) is 8.00. The zero-order chi connectivity index (χ0) is 12.6. The molecule has 0 fully saturated rings. The van der Waals surface area contributed by atoms with Crippen LogP contribution in [0.15, 0.2) is 22.9 Å². The highest BCUT2D eigenvalue weighted by molar-refractivity contribution is 9.10. The zero-order valence-corrected chi connectivity index (χ0v) is 11.0. The van der Waals surface area contributed by atoms with Crippen LogP contribution < -0.4 is 0 Å². The van der Waals surface area contributed by atoms with E-state index < -0.39 is 5.97 Å². The molecule has 17 heavy (non-hydrogen) atoms. The number of carboxylic acid groups (broad SMARTS) is 1. The maximum absolute atomic E-state index is 10.9. The summed E-state index contributed by atoms with van der Waals surface area (Å²) in [5.41, 5.74) is 0.611. The summed E-state index contributed by atoms with van der Waals surface area (Å²) < 4.78 is 2.15. The van der Waals surface area contributed by atoms with E-state index in [-0.39, 0.29) is 5.56 Å². The molecule has 2 heterocycles. The van der Waals surface area contributed by atoms with E-state index in [4.69, 9.17) is 16.7 Å². The third-order valence-electron chi connectivity index (χ3n) is 2.23. The van der Waals surface area contributed by atoms with Crippen LogP contribution in [-0.4, -0.2) is 25.8 Å². The summed E-state index contributed by atoms with van der Waals surface area (Å²) in [4.78, 5) is 15.0. The van der Waals surface area contributed by atoms with E-state index in [1.807, 2.05) is 0 Å². The first kappa shape index (κ1) is 12.1. The minimum atomic E-state index is -1.03. The second kappa shape index (κ2) is 4.46. The molecule has 88 valence electrons. The van der Waals surface area contributed by atoms with E-state index in [1.165, 1.54) is 10.9 Å². The fraction of sp³-hybridized carbons (Fsp3) is 0.100. The predicted molar refractivity (Wildman–Crippen MR) is 65.8 cm³/mol. The van der Waals surface area contributed by atoms with Crippen LogP contribution >= 0.6 is 27.5 Å². The van der Waals surface area contributed by atoms with E-state index in [0.29, 0.717) is 16.5 Å². The largest absolute Gasteiger partial charge is 0.478 e. The third kappa shape index (κ3) is 2.18. The third-order valence-corrected chi connectivity index (χ3v) is 2.94. The summed E-state index contributed by atoms with van der Waals surface area (Å²) in [5.74, 6) is -0.623. The lowest BCUT2D eigenvalue weighted by Crippen LogP contribution is -2.04. The van der Waals surface area contributed by atoms with Crippen LogP contribution in [0.25, 0.3) is 5.82 Å². The first-order valence-electron chi connectivity index (χ1n) is 4.60. The second-order valence-corrected chi connectivity index (χ2v) is 4.64. The fourth-order valence-corrected chi connectivity index (χ4v) is 2.11. The number of pyridine rings is 1. The molecule has 0 saturated heterocycles. The Balaban J connectivity index is 2.57.